The van der Waals surface area contributed by atoms with Crippen molar-refractivity contribution in [2.45, 2.75) is 43.9 Å². The van der Waals surface area contributed by atoms with Gasteiger partial charge in [-0.15, -0.1) is 0 Å². The van der Waals surface area contributed by atoms with Gasteiger partial charge < -0.3 is 22.5 Å². The second-order valence-corrected chi connectivity index (χ2v) is 8.19. The topological polar surface area (TPSA) is 107 Å². The van der Waals surface area contributed by atoms with Gasteiger partial charge in [-0.1, -0.05) is 21.6 Å². The van der Waals surface area contributed by atoms with Crippen molar-refractivity contribution < 1.29 is 4.79 Å². The van der Waals surface area contributed by atoms with Crippen LogP contribution in [-0.2, 0) is 4.79 Å². The number of carbonyl (C=O) groups is 1. The number of amides is 1. The lowest BCUT2D eigenvalue weighted by molar-refractivity contribution is -0.122. The van der Waals surface area contributed by atoms with Crippen LogP contribution in [0.4, 0.5) is 0 Å². The minimum absolute atomic E-state index is 0.0114. The van der Waals surface area contributed by atoms with E-state index in [1.807, 2.05) is 0 Å². The first-order valence-electron chi connectivity index (χ1n) is 6.67. The van der Waals surface area contributed by atoms with Crippen LogP contribution in [0.15, 0.2) is 0 Å². The molecule has 0 aliphatic rings. The van der Waals surface area contributed by atoms with E-state index in [-0.39, 0.29) is 10.7 Å². The monoisotopic (exact) mass is 308 g/mol. The Bertz CT molecular complexity index is 252. The molecular weight excluding hydrogens is 280 g/mol. The Kier molecular flexibility index (Phi) is 10.8. The molecule has 0 saturated heterocycles. The molecule has 0 aromatic rings. The van der Waals surface area contributed by atoms with Crippen molar-refractivity contribution in [3.05, 3.63) is 0 Å². The third-order valence-corrected chi connectivity index (χ3v) is 5.84. The van der Waals surface area contributed by atoms with Crippen molar-refractivity contribution >= 4 is 27.5 Å². The van der Waals surface area contributed by atoms with E-state index in [4.69, 9.17) is 17.2 Å². The maximum Gasteiger partial charge on any atom is 0.236 e. The van der Waals surface area contributed by atoms with E-state index in [1.54, 1.807) is 21.6 Å². The van der Waals surface area contributed by atoms with Crippen molar-refractivity contribution in [2.24, 2.45) is 17.2 Å². The van der Waals surface area contributed by atoms with Crippen LogP contribution in [0.3, 0.4) is 0 Å². The Balaban J connectivity index is 3.84. The molecule has 0 spiro atoms. The van der Waals surface area contributed by atoms with Gasteiger partial charge in [-0.3, -0.25) is 4.79 Å². The van der Waals surface area contributed by atoms with Gasteiger partial charge in [0, 0.05) is 17.0 Å². The molecule has 0 radical (unpaired) electrons. The van der Waals surface area contributed by atoms with Crippen LogP contribution in [0.5, 0.6) is 0 Å². The summed E-state index contributed by atoms with van der Waals surface area (Å²) in [5, 5.41) is 2.91. The smallest absolute Gasteiger partial charge is 0.236 e. The Hall–Kier alpha value is 0.0500. The second-order valence-electron chi connectivity index (χ2n) is 5.06. The zero-order chi connectivity index (χ0) is 14.7. The van der Waals surface area contributed by atoms with Gasteiger partial charge in [-0.05, 0) is 46.2 Å². The van der Waals surface area contributed by atoms with Crippen molar-refractivity contribution in [3.63, 3.8) is 0 Å². The summed E-state index contributed by atoms with van der Waals surface area (Å²) < 4.78 is -0.0114. The van der Waals surface area contributed by atoms with Crippen molar-refractivity contribution in [2.75, 3.05) is 25.4 Å². The van der Waals surface area contributed by atoms with Crippen LogP contribution >= 0.6 is 21.6 Å². The average molecular weight is 309 g/mol. The lowest BCUT2D eigenvalue weighted by atomic mass is 10.1. The number of hydrogen-bond donors (Lipinski definition) is 4. The van der Waals surface area contributed by atoms with Crippen LogP contribution in [0.25, 0.3) is 0 Å². The Morgan fingerprint density at radius 1 is 1.26 bits per heavy atom. The highest BCUT2D eigenvalue weighted by molar-refractivity contribution is 8.77. The Morgan fingerprint density at radius 3 is 2.47 bits per heavy atom. The van der Waals surface area contributed by atoms with E-state index in [2.05, 4.69) is 19.2 Å². The SMILES string of the molecule is CC(C)(CNC(=O)[C@H](N)CCCN)SSCCCN. The van der Waals surface area contributed by atoms with Crippen LogP contribution in [-0.4, -0.2) is 42.1 Å². The standard InChI is InChI=1S/C12H28N4OS2/c1-12(2,19-18-8-4-7-14)9-16-11(17)10(15)5-3-6-13/h10H,3-9,13-15H2,1-2H3,(H,16,17)/t10-/m1/s1. The largest absolute Gasteiger partial charge is 0.353 e. The molecule has 0 aliphatic carbocycles. The summed E-state index contributed by atoms with van der Waals surface area (Å²) in [6.45, 7) is 6.13. The predicted molar refractivity (Wildman–Crippen MR) is 87.1 cm³/mol. The van der Waals surface area contributed by atoms with Crippen molar-refractivity contribution in [3.8, 4) is 0 Å². The van der Waals surface area contributed by atoms with Gasteiger partial charge in [0.15, 0.2) is 0 Å². The number of carbonyl (C=O) groups excluding carboxylic acids is 1. The summed E-state index contributed by atoms with van der Waals surface area (Å²) in [6, 6.07) is -0.450. The highest BCUT2D eigenvalue weighted by Crippen LogP contribution is 2.35. The van der Waals surface area contributed by atoms with Crippen molar-refractivity contribution in [1.82, 2.24) is 5.32 Å². The quantitative estimate of drug-likeness (QED) is 0.330. The highest BCUT2D eigenvalue weighted by Gasteiger charge is 2.21. The van der Waals surface area contributed by atoms with Crippen LogP contribution < -0.4 is 22.5 Å². The molecule has 0 aromatic heterocycles. The van der Waals surface area contributed by atoms with E-state index in [9.17, 15) is 4.79 Å². The Labute approximate surface area is 124 Å². The number of nitrogens with one attached hydrogen (secondary N) is 1. The lowest BCUT2D eigenvalue weighted by Gasteiger charge is -2.24. The number of hydrogen-bond acceptors (Lipinski definition) is 6. The zero-order valence-electron chi connectivity index (χ0n) is 12.0. The first-order valence-corrected chi connectivity index (χ1v) is 8.99. The van der Waals surface area contributed by atoms with Gasteiger partial charge in [0.05, 0.1) is 6.04 Å². The zero-order valence-corrected chi connectivity index (χ0v) is 13.6. The summed E-state index contributed by atoms with van der Waals surface area (Å²) in [4.78, 5) is 11.8. The van der Waals surface area contributed by atoms with E-state index in [0.29, 0.717) is 19.5 Å². The minimum atomic E-state index is -0.450. The van der Waals surface area contributed by atoms with Crippen molar-refractivity contribution in [1.29, 1.82) is 0 Å². The lowest BCUT2D eigenvalue weighted by Crippen LogP contribution is -2.45. The molecule has 0 aliphatic heterocycles. The molecule has 0 aromatic carbocycles. The molecule has 0 bridgehead atoms. The molecule has 114 valence electrons. The van der Waals surface area contributed by atoms with Gasteiger partial charge in [0.1, 0.15) is 0 Å². The summed E-state index contributed by atoms with van der Waals surface area (Å²) in [5.41, 5.74) is 16.6. The number of rotatable bonds is 11. The molecule has 1 atom stereocenters. The summed E-state index contributed by atoms with van der Waals surface area (Å²) in [7, 11) is 3.57. The van der Waals surface area contributed by atoms with E-state index in [0.717, 1.165) is 25.1 Å². The van der Waals surface area contributed by atoms with Crippen LogP contribution in [0.2, 0.25) is 0 Å². The summed E-state index contributed by atoms with van der Waals surface area (Å²) in [6.07, 6.45) is 2.44. The second kappa shape index (κ2) is 10.8. The molecule has 0 saturated carbocycles. The fourth-order valence-corrected chi connectivity index (χ4v) is 3.83. The molecule has 7 N–H and O–H groups in total. The molecule has 7 heteroatoms. The van der Waals surface area contributed by atoms with Gasteiger partial charge in [-0.2, -0.15) is 0 Å². The molecule has 19 heavy (non-hydrogen) atoms. The van der Waals surface area contributed by atoms with E-state index in [1.165, 1.54) is 0 Å². The molecule has 0 rings (SSSR count). The maximum atomic E-state index is 11.8. The Morgan fingerprint density at radius 2 is 1.89 bits per heavy atom. The van der Waals surface area contributed by atoms with Gasteiger partial charge >= 0.3 is 0 Å². The van der Waals surface area contributed by atoms with E-state index < -0.39 is 6.04 Å². The molecule has 0 fully saturated rings. The first kappa shape index (κ1) is 19.1. The van der Waals surface area contributed by atoms with Gasteiger partial charge in [0.2, 0.25) is 5.91 Å². The maximum absolute atomic E-state index is 11.8. The highest BCUT2D eigenvalue weighted by atomic mass is 33.1. The third kappa shape index (κ3) is 10.5. The fraction of sp³-hybridized carbons (Fsp3) is 0.917. The van der Waals surface area contributed by atoms with Crippen LogP contribution in [0.1, 0.15) is 33.1 Å². The summed E-state index contributed by atoms with van der Waals surface area (Å²) in [5.74, 6) is 0.947. The average Bonchev–Trinajstić information content (AvgIpc) is 2.38. The van der Waals surface area contributed by atoms with Gasteiger partial charge in [0.25, 0.3) is 0 Å². The molecule has 0 unspecified atom stereocenters. The normalized spacial score (nSPS) is 13.3. The number of nitrogens with two attached hydrogens (primary N) is 3. The van der Waals surface area contributed by atoms with Gasteiger partial charge in [-0.25, -0.2) is 0 Å². The molecule has 5 nitrogen and oxygen atoms in total. The van der Waals surface area contributed by atoms with E-state index >= 15 is 0 Å². The molecule has 0 heterocycles. The summed E-state index contributed by atoms with van der Waals surface area (Å²) >= 11 is 0. The first-order chi connectivity index (χ1) is 8.93. The molecular formula is C12H28N4OS2. The van der Waals surface area contributed by atoms with Crippen LogP contribution in [0, 0.1) is 0 Å². The third-order valence-electron chi connectivity index (χ3n) is 2.46. The fourth-order valence-electron chi connectivity index (χ4n) is 1.27. The predicted octanol–water partition coefficient (Wildman–Crippen LogP) is 0.678. The molecule has 1 amide bonds. The minimum Gasteiger partial charge on any atom is -0.353 e.